The van der Waals surface area contributed by atoms with Crippen LogP contribution in [0.4, 0.5) is 0 Å². The lowest BCUT2D eigenvalue weighted by atomic mass is 10.7. The third kappa shape index (κ3) is 5.88. The minimum absolute atomic E-state index is 0.262. The van der Waals surface area contributed by atoms with Crippen LogP contribution in [0.3, 0.4) is 0 Å². The van der Waals surface area contributed by atoms with Crippen LogP contribution in [0.2, 0.25) is 0 Å². The Bertz CT molecular complexity index is 47.1. The fraction of sp³-hybridized carbons (Fsp3) is 1.00. The maximum absolute atomic E-state index is 6.23. The molecule has 0 rings (SSSR count). The molecular weight excluding hydrogens is 96.0 g/mol. The van der Waals surface area contributed by atoms with Gasteiger partial charge in [0.05, 0.1) is 26.4 Å². The third-order valence-electron chi connectivity index (χ3n) is 0.455. The van der Waals surface area contributed by atoms with Gasteiger partial charge in [0.25, 0.3) is 0 Å². The van der Waals surface area contributed by atoms with Crippen molar-refractivity contribution >= 4 is 0 Å². The molecule has 0 bridgehead atoms. The Morgan fingerprint density at radius 1 is 1.29 bits per heavy atom. The molecule has 2 N–H and O–H groups in total. The van der Waals surface area contributed by atoms with Crippen LogP contribution in [-0.4, -0.2) is 39.5 Å². The molecule has 0 aliphatic carbocycles. The molecule has 0 aromatic carbocycles. The predicted molar refractivity (Wildman–Crippen MR) is 25.0 cm³/mol. The molecule has 0 unspecified atom stereocenters. The van der Waals surface area contributed by atoms with Gasteiger partial charge in [-0.05, 0) is 0 Å². The van der Waals surface area contributed by atoms with Crippen LogP contribution in [0.1, 0.15) is 0 Å². The molecule has 3 nitrogen and oxygen atoms in total. The summed E-state index contributed by atoms with van der Waals surface area (Å²) >= 11 is 0. The SMILES string of the molecule is [3H]OCCOCCO[3H]. The van der Waals surface area contributed by atoms with Gasteiger partial charge in [0, 0.05) is 0 Å². The van der Waals surface area contributed by atoms with Crippen LogP contribution in [0.25, 0.3) is 0 Å². The fourth-order valence-corrected chi connectivity index (χ4v) is 0.220. The molecule has 0 aliphatic rings. The summed E-state index contributed by atoms with van der Waals surface area (Å²) in [6.07, 6.45) is 0. The van der Waals surface area contributed by atoms with E-state index in [0.717, 1.165) is 0 Å². The summed E-state index contributed by atoms with van der Waals surface area (Å²) in [4.78, 5) is 0. The first kappa shape index (κ1) is 3.83. The van der Waals surface area contributed by atoms with Crippen LogP contribution in [0, 0.1) is 0 Å². The minimum atomic E-state index is 0.262. The van der Waals surface area contributed by atoms with E-state index in [-0.39, 0.29) is 13.2 Å². The topological polar surface area (TPSA) is 49.7 Å². The number of ether oxygens (including phenoxy) is 1. The molecule has 7 heavy (non-hydrogen) atoms. The number of hydrogen-bond donors (Lipinski definition) is 2. The lowest BCUT2D eigenvalue weighted by molar-refractivity contribution is 0.0650. The van der Waals surface area contributed by atoms with Gasteiger partial charge in [0.1, 0.15) is 0 Å². The molecule has 0 aromatic rings. The van der Waals surface area contributed by atoms with E-state index in [1.165, 1.54) is 0 Å². The van der Waals surface area contributed by atoms with Crippen LogP contribution >= 0.6 is 0 Å². The van der Waals surface area contributed by atoms with Gasteiger partial charge in [-0.3, -0.25) is 0 Å². The zero-order valence-corrected chi connectivity index (χ0v) is 4.05. The number of aliphatic hydroxyl groups excluding tert-OH is 2. The molecule has 0 aromatic heterocycles. The van der Waals surface area contributed by atoms with Gasteiger partial charge in [-0.15, -0.1) is 0 Å². The van der Waals surface area contributed by atoms with Gasteiger partial charge >= 0.3 is 0 Å². The Balaban J connectivity index is 2.60. The summed E-state index contributed by atoms with van der Waals surface area (Å²) in [5.74, 6) is 0. The highest BCUT2D eigenvalue weighted by molar-refractivity contribution is 4.24. The van der Waals surface area contributed by atoms with Crippen molar-refractivity contribution in [2.75, 3.05) is 26.4 Å². The van der Waals surface area contributed by atoms with Crippen molar-refractivity contribution in [3.8, 4) is 0 Å². The van der Waals surface area contributed by atoms with Crippen molar-refractivity contribution < 1.29 is 15.0 Å². The van der Waals surface area contributed by atoms with Crippen molar-refractivity contribution in [3.05, 3.63) is 0 Å². The highest BCUT2D eigenvalue weighted by Gasteiger charge is 1.79. The average Bonchev–Trinajstić information content (AvgIpc) is 1.89. The van der Waals surface area contributed by atoms with Gasteiger partial charge in [-0.2, -0.15) is 0 Å². The molecule has 0 amide bonds. The molecule has 0 aliphatic heterocycles. The molecule has 0 saturated carbocycles. The Labute approximate surface area is 45.5 Å². The lowest BCUT2D eigenvalue weighted by Gasteiger charge is -1.94. The summed E-state index contributed by atoms with van der Waals surface area (Å²) in [7, 11) is 0. The van der Waals surface area contributed by atoms with Crippen molar-refractivity contribution in [1.82, 2.24) is 0 Å². The molecule has 0 saturated heterocycles. The summed E-state index contributed by atoms with van der Waals surface area (Å²) in [6, 6.07) is 0. The Hall–Kier alpha value is -0.120. The standard InChI is InChI=1S/C4H10O3/c5-1-3-7-4-2-6/h5-6H,1-4H2/i5T,6T. The van der Waals surface area contributed by atoms with E-state index >= 15 is 0 Å². The summed E-state index contributed by atoms with van der Waals surface area (Å²) in [5.41, 5.74) is 0. The van der Waals surface area contributed by atoms with Crippen molar-refractivity contribution in [2.24, 2.45) is 0 Å². The summed E-state index contributed by atoms with van der Waals surface area (Å²) < 4.78 is 17.3. The van der Waals surface area contributed by atoms with E-state index < -0.39 is 0 Å². The Morgan fingerprint density at radius 2 is 1.86 bits per heavy atom. The first-order chi connectivity index (χ1) is 4.41. The van der Waals surface area contributed by atoms with Gasteiger partial charge in [0.2, 0.25) is 2.86 Å². The molecule has 0 fully saturated rings. The zero-order valence-electron chi connectivity index (χ0n) is 6.05. The molecular formula is C4H10O3. The predicted octanol–water partition coefficient (Wildman–Crippen LogP) is -1.01. The summed E-state index contributed by atoms with van der Waals surface area (Å²) in [6.45, 7) is 1.29. The Morgan fingerprint density at radius 3 is 2.29 bits per heavy atom. The van der Waals surface area contributed by atoms with E-state index in [1.807, 2.05) is 0 Å². The third-order valence-corrected chi connectivity index (χ3v) is 0.455. The molecule has 0 atom stereocenters. The molecule has 3 heteroatoms. The second kappa shape index (κ2) is 5.88. The van der Waals surface area contributed by atoms with Crippen LogP contribution in [0.15, 0.2) is 0 Å². The molecule has 0 spiro atoms. The van der Waals surface area contributed by atoms with Gasteiger partial charge in [-0.25, -0.2) is 0 Å². The van der Waals surface area contributed by atoms with Gasteiger partial charge in [0.15, 0.2) is 0 Å². The second-order valence-electron chi connectivity index (χ2n) is 1.02. The normalized spacial score (nSPS) is 13.1. The number of rotatable bonds is 6. The monoisotopic (exact) mass is 110 g/mol. The number of aliphatic hydroxyl groups is 2. The van der Waals surface area contributed by atoms with E-state index in [9.17, 15) is 0 Å². The molecule has 44 valence electrons. The number of hydrogen-bond acceptors (Lipinski definition) is 3. The van der Waals surface area contributed by atoms with Crippen molar-refractivity contribution in [2.45, 2.75) is 0 Å². The average molecular weight is 110 g/mol. The van der Waals surface area contributed by atoms with Crippen molar-refractivity contribution in [3.63, 3.8) is 0 Å². The van der Waals surface area contributed by atoms with Gasteiger partial charge in [-0.1, -0.05) is 0 Å². The van der Waals surface area contributed by atoms with E-state index in [4.69, 9.17) is 7.60 Å². The molecule has 0 heterocycles. The van der Waals surface area contributed by atoms with E-state index in [1.54, 1.807) is 0 Å². The Kier molecular flexibility index (Phi) is 3.22. The molecule has 0 radical (unpaired) electrons. The van der Waals surface area contributed by atoms with Crippen molar-refractivity contribution in [1.29, 1.82) is 2.86 Å². The fourth-order valence-electron chi connectivity index (χ4n) is 0.220. The minimum Gasteiger partial charge on any atom is -0.394 e. The quantitative estimate of drug-likeness (QED) is 0.431. The highest BCUT2D eigenvalue weighted by atomic mass is 16.5. The second-order valence-corrected chi connectivity index (χ2v) is 1.02. The van der Waals surface area contributed by atoms with E-state index in [0.29, 0.717) is 13.2 Å². The highest BCUT2D eigenvalue weighted by Crippen LogP contribution is 1.68. The summed E-state index contributed by atoms with van der Waals surface area (Å²) in [5, 5.41) is 7.92. The van der Waals surface area contributed by atoms with Crippen LogP contribution in [0.5, 0.6) is 0 Å². The van der Waals surface area contributed by atoms with E-state index in [2.05, 4.69) is 10.2 Å². The zero-order chi connectivity index (χ0) is 6.95. The first-order valence-corrected chi connectivity index (χ1v) is 2.15. The van der Waals surface area contributed by atoms with Crippen LogP contribution < -0.4 is 0 Å². The largest absolute Gasteiger partial charge is 0.394 e. The smallest absolute Gasteiger partial charge is 0.210 e. The van der Waals surface area contributed by atoms with Crippen LogP contribution in [-0.2, 0) is 4.74 Å². The van der Waals surface area contributed by atoms with Gasteiger partial charge < -0.3 is 15.0 Å². The lowest BCUT2D eigenvalue weighted by Crippen LogP contribution is -2.03. The first-order valence-electron chi connectivity index (χ1n) is 2.97. The maximum atomic E-state index is 6.23. The maximum Gasteiger partial charge on any atom is 0.210 e.